The molecule has 0 bridgehead atoms. The molecule has 0 saturated carbocycles. The predicted octanol–water partition coefficient (Wildman–Crippen LogP) is 3.32. The maximum Gasteiger partial charge on any atom is 0.251 e. The Labute approximate surface area is 203 Å². The van der Waals surface area contributed by atoms with Gasteiger partial charge in [-0.2, -0.15) is 4.31 Å². The fourth-order valence-electron chi connectivity index (χ4n) is 4.50. The molecular weight excluding hydrogens is 450 g/mol. The summed E-state index contributed by atoms with van der Waals surface area (Å²) in [7, 11) is -3.61. The summed E-state index contributed by atoms with van der Waals surface area (Å²) in [4.78, 5) is 15.4. The number of aryl methyl sites for hydroxylation is 1. The molecule has 0 spiro atoms. The molecule has 2 heterocycles. The van der Waals surface area contributed by atoms with Gasteiger partial charge in [0.1, 0.15) is 0 Å². The Bertz CT molecular complexity index is 1070. The molecule has 4 rings (SSSR count). The first kappa shape index (κ1) is 24.9. The molecule has 1 N–H and O–H groups in total. The molecular formula is C26H35N3O4S. The van der Waals surface area contributed by atoms with E-state index >= 15 is 0 Å². The summed E-state index contributed by atoms with van der Waals surface area (Å²) in [6.45, 7) is 7.61. The summed E-state index contributed by atoms with van der Waals surface area (Å²) in [5.74, 6) is -0.273. The highest BCUT2D eigenvalue weighted by molar-refractivity contribution is 7.89. The zero-order valence-electron chi connectivity index (χ0n) is 20.0. The Morgan fingerprint density at radius 1 is 0.912 bits per heavy atom. The molecule has 2 aromatic rings. The van der Waals surface area contributed by atoms with Crippen molar-refractivity contribution in [1.29, 1.82) is 0 Å². The van der Waals surface area contributed by atoms with E-state index in [4.69, 9.17) is 4.74 Å². The van der Waals surface area contributed by atoms with Crippen molar-refractivity contribution in [3.8, 4) is 0 Å². The van der Waals surface area contributed by atoms with Crippen molar-refractivity contribution in [3.63, 3.8) is 0 Å². The van der Waals surface area contributed by atoms with Crippen LogP contribution in [0.1, 0.15) is 52.7 Å². The monoisotopic (exact) mass is 485 g/mol. The van der Waals surface area contributed by atoms with Crippen molar-refractivity contribution in [2.24, 2.45) is 0 Å². The van der Waals surface area contributed by atoms with Gasteiger partial charge in [-0.1, -0.05) is 43.2 Å². The van der Waals surface area contributed by atoms with Gasteiger partial charge < -0.3 is 10.1 Å². The molecule has 8 heteroatoms. The standard InChI is InChI=1S/C26H35N3O4S/c1-21-6-11-24(18-25(21)34(31,32)29-12-4-2-3-5-13-29)26(30)27-19-22-7-9-23(10-8-22)20-28-14-16-33-17-15-28/h6-11,18H,2-5,12-17,19-20H2,1H3,(H,27,30). The van der Waals surface area contributed by atoms with Crippen LogP contribution in [-0.2, 0) is 27.8 Å². The molecule has 0 radical (unpaired) electrons. The number of morpholine rings is 1. The topological polar surface area (TPSA) is 79.0 Å². The minimum Gasteiger partial charge on any atom is -0.379 e. The van der Waals surface area contributed by atoms with Gasteiger partial charge >= 0.3 is 0 Å². The van der Waals surface area contributed by atoms with Gasteiger partial charge in [0.25, 0.3) is 5.91 Å². The zero-order chi connectivity index (χ0) is 24.0. The third-order valence-corrected chi connectivity index (χ3v) is 8.66. The van der Waals surface area contributed by atoms with Crippen LogP contribution in [0, 0.1) is 6.92 Å². The van der Waals surface area contributed by atoms with E-state index in [-0.39, 0.29) is 10.8 Å². The van der Waals surface area contributed by atoms with Gasteiger partial charge in [-0.15, -0.1) is 0 Å². The summed E-state index contributed by atoms with van der Waals surface area (Å²) in [6.07, 6.45) is 3.87. The van der Waals surface area contributed by atoms with Crippen LogP contribution in [0.5, 0.6) is 0 Å². The summed E-state index contributed by atoms with van der Waals surface area (Å²) in [5, 5.41) is 2.93. The van der Waals surface area contributed by atoms with Crippen molar-refractivity contribution in [2.75, 3.05) is 39.4 Å². The SMILES string of the molecule is Cc1ccc(C(=O)NCc2ccc(CN3CCOCC3)cc2)cc1S(=O)(=O)N1CCCCCC1. The summed E-state index contributed by atoms with van der Waals surface area (Å²) >= 11 is 0. The Hall–Kier alpha value is -2.26. The highest BCUT2D eigenvalue weighted by Crippen LogP contribution is 2.24. The summed E-state index contributed by atoms with van der Waals surface area (Å²) in [6, 6.07) is 13.2. The normalized spacial score (nSPS) is 18.4. The first-order valence-corrected chi connectivity index (χ1v) is 13.6. The third-order valence-electron chi connectivity index (χ3n) is 6.62. The van der Waals surface area contributed by atoms with Crippen LogP contribution >= 0.6 is 0 Å². The Morgan fingerprint density at radius 2 is 1.56 bits per heavy atom. The molecule has 34 heavy (non-hydrogen) atoms. The molecule has 2 aliphatic heterocycles. The van der Waals surface area contributed by atoms with E-state index in [0.717, 1.165) is 64.1 Å². The number of benzene rings is 2. The number of sulfonamides is 1. The number of hydrogen-bond acceptors (Lipinski definition) is 5. The van der Waals surface area contributed by atoms with Gasteiger partial charge in [0.05, 0.1) is 18.1 Å². The molecule has 0 aliphatic carbocycles. The van der Waals surface area contributed by atoms with Crippen LogP contribution in [0.15, 0.2) is 47.4 Å². The first-order chi connectivity index (χ1) is 16.4. The van der Waals surface area contributed by atoms with Crippen molar-refractivity contribution in [2.45, 2.75) is 50.6 Å². The number of carbonyl (C=O) groups excluding carboxylic acids is 1. The fourth-order valence-corrected chi connectivity index (χ4v) is 6.27. The number of nitrogens with zero attached hydrogens (tertiary/aromatic N) is 2. The van der Waals surface area contributed by atoms with E-state index in [1.807, 2.05) is 12.1 Å². The van der Waals surface area contributed by atoms with Gasteiger partial charge in [0, 0.05) is 44.8 Å². The number of carbonyl (C=O) groups is 1. The lowest BCUT2D eigenvalue weighted by Crippen LogP contribution is -2.35. The van der Waals surface area contributed by atoms with Gasteiger partial charge in [-0.25, -0.2) is 8.42 Å². The molecule has 2 aliphatic rings. The second-order valence-corrected chi connectivity index (χ2v) is 11.1. The summed E-state index contributed by atoms with van der Waals surface area (Å²) in [5.41, 5.74) is 3.27. The van der Waals surface area contributed by atoms with Crippen LogP contribution in [-0.4, -0.2) is 62.9 Å². The Kier molecular flexibility index (Phi) is 8.37. The quantitative estimate of drug-likeness (QED) is 0.651. The minimum atomic E-state index is -3.61. The van der Waals surface area contributed by atoms with Crippen LogP contribution in [0.25, 0.3) is 0 Å². The molecule has 184 valence electrons. The van der Waals surface area contributed by atoms with E-state index < -0.39 is 10.0 Å². The number of nitrogens with one attached hydrogen (secondary N) is 1. The summed E-state index contributed by atoms with van der Waals surface area (Å²) < 4.78 is 33.5. The number of rotatable bonds is 7. The average molecular weight is 486 g/mol. The molecule has 2 saturated heterocycles. The van der Waals surface area contributed by atoms with Gasteiger partial charge in [-0.3, -0.25) is 9.69 Å². The van der Waals surface area contributed by atoms with Crippen molar-refractivity contribution in [1.82, 2.24) is 14.5 Å². The molecule has 0 aromatic heterocycles. The van der Waals surface area contributed by atoms with Gasteiger partial charge in [0.15, 0.2) is 0 Å². The third kappa shape index (κ3) is 6.24. The smallest absolute Gasteiger partial charge is 0.251 e. The maximum atomic E-state index is 13.3. The van der Waals surface area contributed by atoms with Crippen molar-refractivity contribution >= 4 is 15.9 Å². The average Bonchev–Trinajstić information content (AvgIpc) is 3.15. The lowest BCUT2D eigenvalue weighted by molar-refractivity contribution is 0.0342. The zero-order valence-corrected chi connectivity index (χ0v) is 20.8. The molecule has 2 fully saturated rings. The second-order valence-electron chi connectivity index (χ2n) is 9.19. The van der Waals surface area contributed by atoms with E-state index in [0.29, 0.717) is 30.8 Å². The lowest BCUT2D eigenvalue weighted by Gasteiger charge is -2.26. The molecule has 7 nitrogen and oxygen atoms in total. The maximum absolute atomic E-state index is 13.3. The molecule has 1 amide bonds. The minimum absolute atomic E-state index is 0.231. The number of ether oxygens (including phenoxy) is 1. The fraction of sp³-hybridized carbons (Fsp3) is 0.500. The van der Waals surface area contributed by atoms with E-state index in [1.165, 1.54) is 11.6 Å². The van der Waals surface area contributed by atoms with Gasteiger partial charge in [0.2, 0.25) is 10.0 Å². The van der Waals surface area contributed by atoms with E-state index in [1.54, 1.807) is 23.4 Å². The van der Waals surface area contributed by atoms with Crippen LogP contribution in [0.3, 0.4) is 0 Å². The highest BCUT2D eigenvalue weighted by atomic mass is 32.2. The predicted molar refractivity (Wildman–Crippen MR) is 132 cm³/mol. The largest absolute Gasteiger partial charge is 0.379 e. The molecule has 0 atom stereocenters. The van der Waals surface area contributed by atoms with E-state index in [9.17, 15) is 13.2 Å². The lowest BCUT2D eigenvalue weighted by atomic mass is 10.1. The molecule has 2 aromatic carbocycles. The van der Waals surface area contributed by atoms with Gasteiger partial charge in [-0.05, 0) is 48.6 Å². The number of amides is 1. The van der Waals surface area contributed by atoms with E-state index in [2.05, 4.69) is 22.3 Å². The van der Waals surface area contributed by atoms with Crippen LogP contribution < -0.4 is 5.32 Å². The highest BCUT2D eigenvalue weighted by Gasteiger charge is 2.27. The Morgan fingerprint density at radius 3 is 2.24 bits per heavy atom. The number of hydrogen-bond donors (Lipinski definition) is 1. The van der Waals surface area contributed by atoms with Crippen molar-refractivity contribution < 1.29 is 17.9 Å². The van der Waals surface area contributed by atoms with Crippen molar-refractivity contribution in [3.05, 3.63) is 64.7 Å². The second kappa shape index (κ2) is 11.4. The first-order valence-electron chi connectivity index (χ1n) is 12.2. The molecule has 0 unspecified atom stereocenters. The van der Waals surface area contributed by atoms with Crippen LogP contribution in [0.4, 0.5) is 0 Å². The Balaban J connectivity index is 1.38. The van der Waals surface area contributed by atoms with Crippen LogP contribution in [0.2, 0.25) is 0 Å².